The van der Waals surface area contributed by atoms with Gasteiger partial charge in [-0.1, -0.05) is 80.4 Å². The zero-order chi connectivity index (χ0) is 28.6. The van der Waals surface area contributed by atoms with E-state index < -0.39 is 20.1 Å². The van der Waals surface area contributed by atoms with E-state index >= 15 is 0 Å². The van der Waals surface area contributed by atoms with Crippen LogP contribution in [0.1, 0.15) is 44.4 Å². The molecular formula is C31H31Cl2N3O3Si. The minimum absolute atomic E-state index is 0.0264. The molecule has 0 fully saturated rings. The van der Waals surface area contributed by atoms with Crippen molar-refractivity contribution < 1.29 is 14.0 Å². The van der Waals surface area contributed by atoms with Crippen LogP contribution in [0.25, 0.3) is 33.0 Å². The number of carbonyl (C=O) groups excluding carboxylic acids is 2. The molecule has 0 bridgehead atoms. The Bertz CT molecular complexity index is 1770. The fourth-order valence-corrected chi connectivity index (χ4v) is 7.26. The first-order valence-corrected chi connectivity index (χ1v) is 17.1. The third-order valence-electron chi connectivity index (χ3n) is 8.54. The Morgan fingerprint density at radius 1 is 0.975 bits per heavy atom. The van der Waals surface area contributed by atoms with Gasteiger partial charge in [0.05, 0.1) is 23.3 Å². The van der Waals surface area contributed by atoms with E-state index in [1.165, 1.54) is 0 Å². The van der Waals surface area contributed by atoms with Crippen molar-refractivity contribution in [2.45, 2.75) is 57.5 Å². The molecule has 2 atom stereocenters. The van der Waals surface area contributed by atoms with Gasteiger partial charge in [-0.2, -0.15) is 0 Å². The van der Waals surface area contributed by atoms with Gasteiger partial charge in [-0.25, -0.2) is 0 Å². The highest BCUT2D eigenvalue weighted by atomic mass is 35.5. The van der Waals surface area contributed by atoms with Gasteiger partial charge in [0.2, 0.25) is 0 Å². The molecule has 2 aromatic heterocycles. The van der Waals surface area contributed by atoms with Crippen molar-refractivity contribution in [3.63, 3.8) is 0 Å². The monoisotopic (exact) mass is 591 g/mol. The maximum absolute atomic E-state index is 13.4. The molecule has 40 heavy (non-hydrogen) atoms. The van der Waals surface area contributed by atoms with Crippen molar-refractivity contribution in [1.29, 1.82) is 0 Å². The number of H-pyrrole nitrogens is 1. The standard InChI is InChI=1S/C31H31Cl2N3O3Si/c1-31(2,3)40(4,5)39-19-12-11-18(15-19)36-16-22(20-8-6-7-9-24(20)36)26-27(30(38)35-29(26)37)25-21-13-10-17(32)14-23(21)34-28(25)33/h6-14,16,18-19,34H,15H2,1-5H3,(H,35,37,38). The quantitative estimate of drug-likeness (QED) is 0.141. The average Bonchev–Trinajstić information content (AvgIpc) is 3.61. The summed E-state index contributed by atoms with van der Waals surface area (Å²) >= 11 is 12.8. The van der Waals surface area contributed by atoms with Crippen molar-refractivity contribution in [2.75, 3.05) is 0 Å². The van der Waals surface area contributed by atoms with E-state index in [1.807, 2.05) is 36.5 Å². The number of hydrogen-bond donors (Lipinski definition) is 2. The molecule has 6 rings (SSSR count). The molecule has 6 nitrogen and oxygen atoms in total. The second-order valence-corrected chi connectivity index (χ2v) is 17.7. The number of aromatic nitrogens is 2. The maximum atomic E-state index is 13.4. The molecule has 206 valence electrons. The molecule has 1 aliphatic heterocycles. The number of hydrogen-bond acceptors (Lipinski definition) is 3. The predicted molar refractivity (Wildman–Crippen MR) is 165 cm³/mol. The Morgan fingerprint density at radius 2 is 1.70 bits per heavy atom. The van der Waals surface area contributed by atoms with Crippen LogP contribution in [0.15, 0.2) is 60.8 Å². The predicted octanol–water partition coefficient (Wildman–Crippen LogP) is 7.89. The van der Waals surface area contributed by atoms with Crippen molar-refractivity contribution >= 4 is 76.3 Å². The molecule has 0 spiro atoms. The van der Waals surface area contributed by atoms with Gasteiger partial charge in [-0.15, -0.1) is 0 Å². The van der Waals surface area contributed by atoms with Gasteiger partial charge < -0.3 is 14.0 Å². The number of para-hydroxylation sites is 1. The summed E-state index contributed by atoms with van der Waals surface area (Å²) in [6.45, 7) is 11.3. The largest absolute Gasteiger partial charge is 0.410 e. The maximum Gasteiger partial charge on any atom is 0.259 e. The number of carbonyl (C=O) groups is 2. The first-order valence-electron chi connectivity index (χ1n) is 13.4. The lowest BCUT2D eigenvalue weighted by Crippen LogP contribution is -2.43. The van der Waals surface area contributed by atoms with Crippen molar-refractivity contribution in [3.05, 3.63) is 82.1 Å². The lowest BCUT2D eigenvalue weighted by molar-refractivity contribution is -0.122. The molecule has 0 saturated carbocycles. The summed E-state index contributed by atoms with van der Waals surface area (Å²) < 4.78 is 8.87. The molecule has 2 amide bonds. The summed E-state index contributed by atoms with van der Waals surface area (Å²) in [6, 6.07) is 13.3. The van der Waals surface area contributed by atoms with E-state index in [2.05, 4.69) is 60.9 Å². The molecule has 1 aliphatic carbocycles. The number of benzene rings is 2. The van der Waals surface area contributed by atoms with E-state index in [1.54, 1.807) is 12.1 Å². The molecule has 4 aromatic rings. The third kappa shape index (κ3) is 4.36. The lowest BCUT2D eigenvalue weighted by Gasteiger charge is -2.38. The third-order valence-corrected chi connectivity index (χ3v) is 13.6. The summed E-state index contributed by atoms with van der Waals surface area (Å²) in [5.41, 5.74) is 3.43. The van der Waals surface area contributed by atoms with Crippen LogP contribution in [0.2, 0.25) is 28.3 Å². The number of allylic oxidation sites excluding steroid dienone is 1. The molecule has 0 radical (unpaired) electrons. The number of rotatable bonds is 5. The number of aromatic amines is 1. The first kappa shape index (κ1) is 27.1. The molecule has 2 aromatic carbocycles. The smallest absolute Gasteiger partial charge is 0.259 e. The van der Waals surface area contributed by atoms with E-state index in [-0.39, 0.29) is 27.9 Å². The zero-order valence-corrected chi connectivity index (χ0v) is 25.6. The second-order valence-electron chi connectivity index (χ2n) is 12.1. The van der Waals surface area contributed by atoms with Gasteiger partial charge in [-0.3, -0.25) is 14.9 Å². The topological polar surface area (TPSA) is 76.1 Å². The number of nitrogens with zero attached hydrogens (tertiary/aromatic N) is 1. The Morgan fingerprint density at radius 3 is 2.45 bits per heavy atom. The van der Waals surface area contributed by atoms with E-state index in [4.69, 9.17) is 27.6 Å². The molecular weight excluding hydrogens is 561 g/mol. The van der Waals surface area contributed by atoms with Gasteiger partial charge in [0.1, 0.15) is 5.15 Å². The number of imide groups is 1. The summed E-state index contributed by atoms with van der Waals surface area (Å²) in [7, 11) is -1.94. The van der Waals surface area contributed by atoms with Crippen molar-refractivity contribution in [3.8, 4) is 0 Å². The van der Waals surface area contributed by atoms with Crippen LogP contribution >= 0.6 is 23.2 Å². The summed E-state index contributed by atoms with van der Waals surface area (Å²) in [4.78, 5) is 29.7. The summed E-state index contributed by atoms with van der Waals surface area (Å²) in [6.07, 6.45) is 7.16. The highest BCUT2D eigenvalue weighted by Gasteiger charge is 2.40. The van der Waals surface area contributed by atoms with Gasteiger partial charge in [0.25, 0.3) is 11.8 Å². The lowest BCUT2D eigenvalue weighted by atomic mass is 9.95. The summed E-state index contributed by atoms with van der Waals surface area (Å²) in [5, 5.41) is 5.06. The SMILES string of the molecule is CC(C)(C)[Si](C)(C)OC1C=CC(n2cc(C3=C(c4c(Cl)[nH]c5cc(Cl)ccc45)C(=O)NC3=O)c3ccccc32)C1. The van der Waals surface area contributed by atoms with E-state index in [9.17, 15) is 9.59 Å². The molecule has 2 aliphatic rings. The van der Waals surface area contributed by atoms with Crippen molar-refractivity contribution in [1.82, 2.24) is 14.9 Å². The fourth-order valence-electron chi connectivity index (χ4n) is 5.51. The van der Waals surface area contributed by atoms with Crippen LogP contribution < -0.4 is 5.32 Å². The van der Waals surface area contributed by atoms with Crippen LogP contribution in [-0.4, -0.2) is 35.8 Å². The van der Waals surface area contributed by atoms with Crippen LogP contribution in [0.3, 0.4) is 0 Å². The van der Waals surface area contributed by atoms with Gasteiger partial charge in [0.15, 0.2) is 8.32 Å². The molecule has 0 saturated heterocycles. The molecule has 9 heteroatoms. The van der Waals surface area contributed by atoms with Gasteiger partial charge in [0, 0.05) is 50.6 Å². The van der Waals surface area contributed by atoms with Gasteiger partial charge >= 0.3 is 0 Å². The Kier molecular flexibility index (Phi) is 6.42. The zero-order valence-electron chi connectivity index (χ0n) is 23.1. The average molecular weight is 593 g/mol. The van der Waals surface area contributed by atoms with Crippen molar-refractivity contribution in [2.24, 2.45) is 0 Å². The molecule has 3 heterocycles. The highest BCUT2D eigenvalue weighted by Crippen LogP contribution is 2.44. The molecule has 2 unspecified atom stereocenters. The number of fused-ring (bicyclic) bond motifs is 2. The van der Waals surface area contributed by atoms with Crippen LogP contribution in [0, 0.1) is 0 Å². The van der Waals surface area contributed by atoms with Crippen LogP contribution in [-0.2, 0) is 14.0 Å². The number of amides is 2. The van der Waals surface area contributed by atoms with Crippen LogP contribution in [0.5, 0.6) is 0 Å². The second kappa shape index (κ2) is 9.48. The van der Waals surface area contributed by atoms with E-state index in [0.717, 1.165) is 22.7 Å². The van der Waals surface area contributed by atoms with Gasteiger partial charge in [-0.05, 0) is 36.3 Å². The minimum Gasteiger partial charge on any atom is -0.410 e. The molecule has 2 N–H and O–H groups in total. The Balaban J connectivity index is 1.47. The minimum atomic E-state index is -1.94. The van der Waals surface area contributed by atoms with E-state index in [0.29, 0.717) is 27.2 Å². The Labute approximate surface area is 244 Å². The number of nitrogens with one attached hydrogen (secondary N) is 2. The number of halogens is 2. The first-order chi connectivity index (χ1) is 18.9. The highest BCUT2D eigenvalue weighted by molar-refractivity contribution is 6.74. The van der Waals surface area contributed by atoms with Crippen LogP contribution in [0.4, 0.5) is 0 Å². The Hall–Kier alpha value is -3.10. The fraction of sp³-hybridized carbons (Fsp3) is 0.290. The summed E-state index contributed by atoms with van der Waals surface area (Å²) in [5.74, 6) is -0.915. The normalized spacial score (nSPS) is 20.0.